The lowest BCUT2D eigenvalue weighted by atomic mass is 9.76. The molecule has 6 rings (SSSR count). The van der Waals surface area contributed by atoms with Crippen molar-refractivity contribution >= 4 is 85.1 Å². The predicted octanol–water partition coefficient (Wildman–Crippen LogP) is 6.28. The molecule has 0 radical (unpaired) electrons. The van der Waals surface area contributed by atoms with Gasteiger partial charge in [-0.25, -0.2) is 0 Å². The molecule has 0 aliphatic carbocycles. The minimum Gasteiger partial charge on any atom is -0.481 e. The maximum atomic E-state index is 12.7. The summed E-state index contributed by atoms with van der Waals surface area (Å²) in [5.41, 5.74) is 1.54. The molecule has 17 nitrogen and oxygen atoms in total. The molecule has 4 aromatic carbocycles. The molecular formula is C41H47N2O15S4+. The number of benzene rings is 4. The lowest BCUT2D eigenvalue weighted by molar-refractivity contribution is -0.433. The van der Waals surface area contributed by atoms with Crippen LogP contribution in [-0.2, 0) is 60.8 Å². The Labute approximate surface area is 360 Å². The highest BCUT2D eigenvalue weighted by Gasteiger charge is 2.47. The number of carboxylic acids is 1. The Morgan fingerprint density at radius 3 is 1.79 bits per heavy atom. The average Bonchev–Trinajstić information content (AvgIpc) is 3.53. The molecule has 21 heteroatoms. The molecule has 334 valence electrons. The van der Waals surface area contributed by atoms with Crippen molar-refractivity contribution in [3.05, 3.63) is 83.6 Å². The number of methoxy groups -OCH3 is 1. The second kappa shape index (κ2) is 16.5. The van der Waals surface area contributed by atoms with Gasteiger partial charge in [-0.15, -0.1) is 0 Å². The van der Waals surface area contributed by atoms with Crippen molar-refractivity contribution in [2.45, 2.75) is 90.2 Å². The third kappa shape index (κ3) is 8.57. The molecule has 5 N–H and O–H groups in total. The first-order valence-corrected chi connectivity index (χ1v) is 25.1. The number of aliphatic carboxylic acids is 1. The number of nitrogens with zero attached hydrogens (tertiary/aromatic N) is 2. The fraction of sp³-hybridized carbons (Fsp3) is 0.366. The van der Waals surface area contributed by atoms with Gasteiger partial charge in [0, 0.05) is 72.0 Å². The van der Waals surface area contributed by atoms with Gasteiger partial charge in [0.2, 0.25) is 5.69 Å². The summed E-state index contributed by atoms with van der Waals surface area (Å²) in [5.74, 6) is -0.938. The number of carboxylic acid groups (broad SMARTS) is 1. The topological polar surface area (TPSA) is 270 Å². The maximum absolute atomic E-state index is 12.7. The van der Waals surface area contributed by atoms with Crippen LogP contribution in [0.3, 0.4) is 0 Å². The Hall–Kier alpha value is -4.58. The monoisotopic (exact) mass is 935 g/mol. The van der Waals surface area contributed by atoms with Gasteiger partial charge in [0.1, 0.15) is 16.3 Å². The summed E-state index contributed by atoms with van der Waals surface area (Å²) >= 11 is 0. The van der Waals surface area contributed by atoms with E-state index in [4.69, 9.17) is 4.74 Å². The third-order valence-corrected chi connectivity index (χ3v) is 15.1. The smallest absolute Gasteiger partial charge is 0.303 e. The van der Waals surface area contributed by atoms with Crippen LogP contribution in [0.2, 0.25) is 0 Å². The second-order valence-corrected chi connectivity index (χ2v) is 21.6. The highest BCUT2D eigenvalue weighted by molar-refractivity contribution is 7.87. The Kier molecular flexibility index (Phi) is 12.5. The Morgan fingerprint density at radius 1 is 0.742 bits per heavy atom. The zero-order valence-corrected chi connectivity index (χ0v) is 37.6. The van der Waals surface area contributed by atoms with Crippen molar-refractivity contribution in [1.29, 1.82) is 0 Å². The standard InChI is InChI=1S/C41H46N2O15S4/c1-6-42-31-16-14-27-29(21-25(59(46,47)48)23-33(27)61(52,53)54)38(31)40(2,3)35(42)11-10-12-36-41(4,18-20-58-5)39-30-22-26(60(49,50)51)24-34(62(55,56)57)28(30)15-17-32(39)43(36)19-9-7-8-13-37(44)45/h10-12,14-17,21-24H,6-9,13,18-20H2,1-5H3,(H4-,44,45,46,47,48,49,50,51,52,53,54,55,56,57)/p+1. The van der Waals surface area contributed by atoms with Crippen LogP contribution in [0.5, 0.6) is 0 Å². The number of rotatable bonds is 16. The Bertz CT molecular complexity index is 3100. The predicted molar refractivity (Wildman–Crippen MR) is 230 cm³/mol. The number of hydrogen-bond acceptors (Lipinski definition) is 11. The normalized spacial score (nSPS) is 18.7. The number of hydrogen-bond donors (Lipinski definition) is 5. The van der Waals surface area contributed by atoms with Gasteiger partial charge >= 0.3 is 5.97 Å². The molecule has 62 heavy (non-hydrogen) atoms. The number of allylic oxidation sites excluding steroid dienone is 4. The van der Waals surface area contributed by atoms with Crippen LogP contribution < -0.4 is 4.90 Å². The van der Waals surface area contributed by atoms with Gasteiger partial charge in [-0.2, -0.15) is 38.2 Å². The van der Waals surface area contributed by atoms with E-state index in [1.54, 1.807) is 18.2 Å². The van der Waals surface area contributed by atoms with E-state index in [2.05, 4.69) is 0 Å². The quantitative estimate of drug-likeness (QED) is 0.0470. The van der Waals surface area contributed by atoms with E-state index in [9.17, 15) is 61.8 Å². The molecule has 0 saturated heterocycles. The summed E-state index contributed by atoms with van der Waals surface area (Å²) in [6, 6.07) is 9.93. The van der Waals surface area contributed by atoms with Gasteiger partial charge in [-0.1, -0.05) is 18.6 Å². The van der Waals surface area contributed by atoms with Crippen LogP contribution in [0.4, 0.5) is 11.4 Å². The zero-order chi connectivity index (χ0) is 46.0. The molecule has 1 atom stereocenters. The molecule has 0 spiro atoms. The first-order valence-electron chi connectivity index (χ1n) is 19.3. The molecule has 4 aromatic rings. The molecule has 0 fully saturated rings. The van der Waals surface area contributed by atoms with Gasteiger partial charge in [0.05, 0.1) is 15.2 Å². The number of unbranched alkanes of at least 4 members (excludes halogenated alkanes) is 2. The van der Waals surface area contributed by atoms with Crippen molar-refractivity contribution in [1.82, 2.24) is 0 Å². The molecule has 0 saturated carbocycles. The fourth-order valence-corrected chi connectivity index (χ4v) is 11.6. The van der Waals surface area contributed by atoms with Crippen molar-refractivity contribution in [2.75, 3.05) is 31.7 Å². The first kappa shape index (κ1) is 46.9. The van der Waals surface area contributed by atoms with E-state index in [0.29, 0.717) is 78.4 Å². The van der Waals surface area contributed by atoms with E-state index < -0.39 is 76.9 Å². The molecular weight excluding hydrogens is 889 g/mol. The molecule has 2 aliphatic rings. The Morgan fingerprint density at radius 2 is 1.29 bits per heavy atom. The Balaban J connectivity index is 1.58. The van der Waals surface area contributed by atoms with Crippen molar-refractivity contribution in [2.24, 2.45) is 0 Å². The van der Waals surface area contributed by atoms with Crippen LogP contribution in [0, 0.1) is 0 Å². The van der Waals surface area contributed by atoms with E-state index in [0.717, 1.165) is 6.07 Å². The van der Waals surface area contributed by atoms with Gasteiger partial charge < -0.3 is 14.7 Å². The second-order valence-electron chi connectivity index (χ2n) is 15.9. The molecule has 2 heterocycles. The minimum absolute atomic E-state index is 0.00152. The number of carbonyl (C=O) groups is 1. The number of fused-ring (bicyclic) bond motifs is 6. The van der Waals surface area contributed by atoms with E-state index in [1.165, 1.54) is 25.3 Å². The largest absolute Gasteiger partial charge is 0.481 e. The maximum Gasteiger partial charge on any atom is 0.303 e. The summed E-state index contributed by atoms with van der Waals surface area (Å²) in [7, 11) is -18.4. The SMILES string of the molecule is CC[N+]1=C(/C=C/C=C2/N(CCCCCC(=O)O)c3ccc4c(S(=O)(=O)O)cc(S(=O)(=O)O)cc4c3C2(C)CCOC)C(C)(C)c2c1ccc1c(S(=O)(=O)O)cc(S(=O)(=O)O)cc21. The molecule has 2 aliphatic heterocycles. The first-order chi connectivity index (χ1) is 28.7. The zero-order valence-electron chi connectivity index (χ0n) is 34.4. The van der Waals surface area contributed by atoms with Crippen LogP contribution in [0.15, 0.2) is 92.0 Å². The minimum atomic E-state index is -5.02. The van der Waals surface area contributed by atoms with Gasteiger partial charge in [0.25, 0.3) is 40.5 Å². The molecule has 1 unspecified atom stereocenters. The average molecular weight is 936 g/mol. The van der Waals surface area contributed by atoms with Gasteiger partial charge in [0.15, 0.2) is 5.71 Å². The highest BCUT2D eigenvalue weighted by atomic mass is 32.2. The van der Waals surface area contributed by atoms with Gasteiger partial charge in [-0.3, -0.25) is 23.0 Å². The summed E-state index contributed by atoms with van der Waals surface area (Å²) in [5, 5.41) is 9.57. The number of anilines is 1. The van der Waals surface area contributed by atoms with Gasteiger partial charge in [-0.05, 0) is 106 Å². The van der Waals surface area contributed by atoms with E-state index in [1.807, 2.05) is 49.3 Å². The van der Waals surface area contributed by atoms with Crippen molar-refractivity contribution < 1.29 is 71.1 Å². The van der Waals surface area contributed by atoms with E-state index >= 15 is 0 Å². The molecule has 0 amide bonds. The van der Waals surface area contributed by atoms with Crippen molar-refractivity contribution in [3.63, 3.8) is 0 Å². The van der Waals surface area contributed by atoms with Crippen LogP contribution >= 0.6 is 0 Å². The third-order valence-electron chi connectivity index (χ3n) is 11.7. The summed E-state index contributed by atoms with van der Waals surface area (Å²) in [6.07, 6.45) is 7.12. The summed E-state index contributed by atoms with van der Waals surface area (Å²) in [6.45, 7) is 8.38. The lowest BCUT2D eigenvalue weighted by Gasteiger charge is -2.30. The van der Waals surface area contributed by atoms with Crippen LogP contribution in [0.1, 0.15) is 70.9 Å². The molecule has 0 aromatic heterocycles. The fourth-order valence-electron chi connectivity index (χ4n) is 8.96. The molecule has 0 bridgehead atoms. The van der Waals surface area contributed by atoms with Crippen molar-refractivity contribution in [3.8, 4) is 0 Å². The summed E-state index contributed by atoms with van der Waals surface area (Å²) < 4.78 is 148. The van der Waals surface area contributed by atoms with Crippen LogP contribution in [-0.4, -0.2) is 100 Å². The van der Waals surface area contributed by atoms with E-state index in [-0.39, 0.29) is 41.0 Å². The van der Waals surface area contributed by atoms with Crippen LogP contribution in [0.25, 0.3) is 21.5 Å². The number of ether oxygens (including phenoxy) is 1. The highest BCUT2D eigenvalue weighted by Crippen LogP contribution is 2.54. The summed E-state index contributed by atoms with van der Waals surface area (Å²) in [4.78, 5) is 10.3. The lowest BCUT2D eigenvalue weighted by Crippen LogP contribution is -2.30.